The van der Waals surface area contributed by atoms with E-state index in [1.807, 2.05) is 43.3 Å². The number of carbonyl (C=O) groups is 1. The molecule has 1 N–H and O–H groups in total. The van der Waals surface area contributed by atoms with Crippen LogP contribution >= 0.6 is 23.4 Å². The maximum absolute atomic E-state index is 12.2. The quantitative estimate of drug-likeness (QED) is 0.816. The van der Waals surface area contributed by atoms with Crippen LogP contribution in [0.4, 0.5) is 0 Å². The van der Waals surface area contributed by atoms with Crippen LogP contribution in [0.5, 0.6) is 0 Å². The molecule has 20 heavy (non-hydrogen) atoms. The Balaban J connectivity index is 2.02. The fraction of sp³-hybridized carbons (Fsp3) is 0.188. The molecule has 0 aliphatic carbocycles. The summed E-state index contributed by atoms with van der Waals surface area (Å²) in [5.41, 5.74) is 1.75. The van der Waals surface area contributed by atoms with Gasteiger partial charge in [0.25, 0.3) is 0 Å². The first-order valence-electron chi connectivity index (χ1n) is 6.45. The van der Waals surface area contributed by atoms with Gasteiger partial charge in [-0.3, -0.25) is 4.79 Å². The number of halogens is 1. The molecule has 2 atom stereocenters. The molecule has 0 saturated carbocycles. The van der Waals surface area contributed by atoms with Gasteiger partial charge in [-0.15, -0.1) is 11.8 Å². The van der Waals surface area contributed by atoms with E-state index in [1.54, 1.807) is 11.8 Å². The largest absolute Gasteiger partial charge is 0.339 e. The van der Waals surface area contributed by atoms with Gasteiger partial charge in [0.05, 0.1) is 0 Å². The zero-order valence-corrected chi connectivity index (χ0v) is 12.4. The molecule has 2 nitrogen and oxygen atoms in total. The topological polar surface area (TPSA) is 29.1 Å². The summed E-state index contributed by atoms with van der Waals surface area (Å²) in [6, 6.07) is 16.0. The van der Waals surface area contributed by atoms with E-state index in [-0.39, 0.29) is 5.91 Å². The van der Waals surface area contributed by atoms with Crippen LogP contribution in [0.25, 0.3) is 0 Å². The first-order chi connectivity index (χ1) is 9.58. The van der Waals surface area contributed by atoms with Crippen LogP contribution in [0.1, 0.15) is 18.1 Å². The molecule has 0 radical (unpaired) electrons. The van der Waals surface area contributed by atoms with Gasteiger partial charge in [0.15, 0.2) is 0 Å². The highest BCUT2D eigenvalue weighted by Crippen LogP contribution is 2.63. The number of hydrogen-bond donors (Lipinski definition) is 1. The van der Waals surface area contributed by atoms with Gasteiger partial charge < -0.3 is 5.32 Å². The zero-order chi connectivity index (χ0) is 14.0. The third kappa shape index (κ3) is 1.25. The summed E-state index contributed by atoms with van der Waals surface area (Å²) in [7, 11) is 0. The number of carbonyl (C=O) groups excluding carboxylic acids is 1. The number of amides is 1. The molecule has 1 fully saturated rings. The molecule has 2 unspecified atom stereocenters. The van der Waals surface area contributed by atoms with Gasteiger partial charge in [-0.25, -0.2) is 0 Å². The molecule has 2 aliphatic rings. The van der Waals surface area contributed by atoms with Crippen LogP contribution < -0.4 is 5.32 Å². The molecular formula is C16H12ClNOS. The molecular weight excluding hydrogens is 290 g/mol. The van der Waals surface area contributed by atoms with Gasteiger partial charge in [0.2, 0.25) is 5.91 Å². The molecule has 1 saturated heterocycles. The van der Waals surface area contributed by atoms with E-state index in [9.17, 15) is 4.79 Å². The minimum Gasteiger partial charge on any atom is -0.339 e. The van der Waals surface area contributed by atoms with E-state index in [0.29, 0.717) is 5.02 Å². The van der Waals surface area contributed by atoms with Gasteiger partial charge in [-0.2, -0.15) is 0 Å². The maximum atomic E-state index is 12.2. The number of β-lactam (4-membered cyclic amide) rings is 1. The van der Waals surface area contributed by atoms with Crippen LogP contribution in [0, 0.1) is 0 Å². The lowest BCUT2D eigenvalue weighted by Crippen LogP contribution is -2.74. The smallest absolute Gasteiger partial charge is 0.240 e. The van der Waals surface area contributed by atoms with Gasteiger partial charge in [0, 0.05) is 9.92 Å². The van der Waals surface area contributed by atoms with E-state index in [0.717, 1.165) is 16.0 Å². The summed E-state index contributed by atoms with van der Waals surface area (Å²) in [6.45, 7) is 2.01. The van der Waals surface area contributed by atoms with Crippen LogP contribution in [-0.2, 0) is 10.3 Å². The monoisotopic (exact) mass is 301 g/mol. The summed E-state index contributed by atoms with van der Waals surface area (Å²) in [6.07, 6.45) is 0. The summed E-state index contributed by atoms with van der Waals surface area (Å²) in [5.74, 6) is 0.0821. The number of hydrogen-bond acceptors (Lipinski definition) is 2. The zero-order valence-electron chi connectivity index (χ0n) is 10.8. The molecule has 2 heterocycles. The van der Waals surface area contributed by atoms with Crippen molar-refractivity contribution in [2.75, 3.05) is 0 Å². The number of fused-ring (bicyclic) bond motifs is 3. The van der Waals surface area contributed by atoms with Crippen molar-refractivity contribution >= 4 is 29.3 Å². The van der Waals surface area contributed by atoms with Crippen molar-refractivity contribution in [2.45, 2.75) is 22.1 Å². The number of thioether (sulfide) groups is 1. The second-order valence-electron chi connectivity index (χ2n) is 5.35. The molecule has 0 spiro atoms. The average Bonchev–Trinajstić information content (AvgIpc) is 2.66. The van der Waals surface area contributed by atoms with E-state index < -0.39 is 10.3 Å². The van der Waals surface area contributed by atoms with Crippen molar-refractivity contribution < 1.29 is 4.79 Å². The van der Waals surface area contributed by atoms with Crippen LogP contribution in [-0.4, -0.2) is 10.7 Å². The summed E-state index contributed by atoms with van der Waals surface area (Å²) in [5, 5.41) is 3.84. The SMILES string of the molecule is CC12Sc3ccc(Cl)cc3C1(c1ccccc1)NC2=O. The van der Waals surface area contributed by atoms with E-state index in [2.05, 4.69) is 17.4 Å². The predicted molar refractivity (Wildman–Crippen MR) is 81.1 cm³/mol. The molecule has 2 aliphatic heterocycles. The Morgan fingerprint density at radius 2 is 1.90 bits per heavy atom. The standard InChI is InChI=1S/C16H12ClNOS/c1-15-14(19)18-16(15,10-5-3-2-4-6-10)12-9-11(17)7-8-13(12)20-15/h2-9H,1H3,(H,18,19). The van der Waals surface area contributed by atoms with Crippen molar-refractivity contribution in [3.05, 3.63) is 64.7 Å². The molecule has 2 aromatic carbocycles. The second-order valence-corrected chi connectivity index (χ2v) is 7.24. The summed E-state index contributed by atoms with van der Waals surface area (Å²) in [4.78, 5) is 13.3. The highest BCUT2D eigenvalue weighted by atomic mass is 35.5. The Labute approximate surface area is 126 Å². The predicted octanol–water partition coefficient (Wildman–Crippen LogP) is 3.58. The Morgan fingerprint density at radius 1 is 1.15 bits per heavy atom. The van der Waals surface area contributed by atoms with Crippen molar-refractivity contribution in [1.82, 2.24) is 5.32 Å². The highest BCUT2D eigenvalue weighted by molar-refractivity contribution is 8.02. The van der Waals surface area contributed by atoms with Crippen molar-refractivity contribution in [3.63, 3.8) is 0 Å². The maximum Gasteiger partial charge on any atom is 0.240 e. The van der Waals surface area contributed by atoms with Gasteiger partial charge in [0.1, 0.15) is 10.3 Å². The molecule has 4 heteroatoms. The van der Waals surface area contributed by atoms with Crippen LogP contribution in [0.15, 0.2) is 53.4 Å². The number of rotatable bonds is 1. The number of benzene rings is 2. The molecule has 4 rings (SSSR count). The van der Waals surface area contributed by atoms with Crippen molar-refractivity contribution in [2.24, 2.45) is 0 Å². The Kier molecular flexibility index (Phi) is 2.34. The van der Waals surface area contributed by atoms with Gasteiger partial charge >= 0.3 is 0 Å². The third-order valence-electron chi connectivity index (χ3n) is 4.32. The lowest BCUT2D eigenvalue weighted by Gasteiger charge is -2.52. The van der Waals surface area contributed by atoms with E-state index in [4.69, 9.17) is 11.6 Å². The Morgan fingerprint density at radius 3 is 2.60 bits per heavy atom. The highest BCUT2D eigenvalue weighted by Gasteiger charge is 2.69. The summed E-state index contributed by atoms with van der Waals surface area (Å²) < 4.78 is -0.499. The average molecular weight is 302 g/mol. The van der Waals surface area contributed by atoms with Crippen molar-refractivity contribution in [3.8, 4) is 0 Å². The lowest BCUT2D eigenvalue weighted by molar-refractivity contribution is -0.135. The van der Waals surface area contributed by atoms with E-state index >= 15 is 0 Å². The first kappa shape index (κ1) is 12.3. The molecule has 0 bridgehead atoms. The Hall–Kier alpha value is -1.45. The normalized spacial score (nSPS) is 30.2. The van der Waals surface area contributed by atoms with Gasteiger partial charge in [-0.1, -0.05) is 41.9 Å². The fourth-order valence-corrected chi connectivity index (χ4v) is 4.90. The summed E-state index contributed by atoms with van der Waals surface area (Å²) >= 11 is 7.80. The Bertz CT molecular complexity index is 733. The van der Waals surface area contributed by atoms with E-state index in [1.165, 1.54) is 0 Å². The molecule has 100 valence electrons. The third-order valence-corrected chi connectivity index (χ3v) is 6.03. The fourth-order valence-electron chi connectivity index (χ4n) is 3.26. The molecule has 0 aromatic heterocycles. The number of nitrogens with one attached hydrogen (secondary N) is 1. The lowest BCUT2D eigenvalue weighted by atomic mass is 9.67. The van der Waals surface area contributed by atoms with Crippen molar-refractivity contribution in [1.29, 1.82) is 0 Å². The molecule has 1 amide bonds. The minimum absolute atomic E-state index is 0.0821. The van der Waals surface area contributed by atoms with Gasteiger partial charge in [-0.05, 0) is 36.2 Å². The van der Waals surface area contributed by atoms with Crippen LogP contribution in [0.2, 0.25) is 5.02 Å². The first-order valence-corrected chi connectivity index (χ1v) is 7.64. The molecule has 2 aromatic rings. The van der Waals surface area contributed by atoms with Crippen LogP contribution in [0.3, 0.4) is 0 Å². The minimum atomic E-state index is -0.499. The second kappa shape index (κ2) is 3.80.